The Kier molecular flexibility index (Phi) is 2.82. The monoisotopic (exact) mass is 258 g/mol. The number of methoxy groups -OCH3 is 1. The molecule has 0 spiro atoms. The lowest BCUT2D eigenvalue weighted by molar-refractivity contribution is 0.250. The van der Waals surface area contributed by atoms with Crippen molar-refractivity contribution in [2.45, 2.75) is 25.2 Å². The Morgan fingerprint density at radius 1 is 1.32 bits per heavy atom. The fourth-order valence-electron chi connectivity index (χ4n) is 2.36. The Morgan fingerprint density at radius 2 is 2.00 bits per heavy atom. The Morgan fingerprint density at radius 3 is 2.53 bits per heavy atom. The topological polar surface area (TPSA) is 58.1 Å². The molecule has 1 saturated carbocycles. The van der Waals surface area contributed by atoms with Crippen molar-refractivity contribution in [3.05, 3.63) is 35.8 Å². The second-order valence-corrected chi connectivity index (χ2v) is 5.23. The molecule has 0 unspecified atom stereocenters. The van der Waals surface area contributed by atoms with Crippen molar-refractivity contribution in [1.29, 1.82) is 0 Å². The van der Waals surface area contributed by atoms with Crippen molar-refractivity contribution in [3.63, 3.8) is 0 Å². The van der Waals surface area contributed by atoms with E-state index < -0.39 is 0 Å². The fourth-order valence-corrected chi connectivity index (χ4v) is 2.36. The van der Waals surface area contributed by atoms with Crippen LogP contribution in [0.1, 0.15) is 24.4 Å². The van der Waals surface area contributed by atoms with Crippen molar-refractivity contribution in [2.75, 3.05) is 13.7 Å². The number of aromatic nitrogens is 2. The number of aliphatic hydroxyl groups excluding tert-OH is 1. The van der Waals surface area contributed by atoms with Crippen LogP contribution in [0.2, 0.25) is 0 Å². The van der Waals surface area contributed by atoms with Crippen molar-refractivity contribution in [1.82, 2.24) is 9.97 Å². The first kappa shape index (κ1) is 12.2. The Hall–Kier alpha value is -1.81. The van der Waals surface area contributed by atoms with Gasteiger partial charge in [0.1, 0.15) is 11.6 Å². The SMILES string of the molecule is COc1ccc(-c2nc(C3(CO)CC3)[nH]c2C)cc1. The number of aliphatic hydroxyl groups is 1. The molecule has 4 heteroatoms. The molecule has 1 aromatic carbocycles. The van der Waals surface area contributed by atoms with Crippen LogP contribution in [-0.4, -0.2) is 28.8 Å². The molecule has 0 saturated heterocycles. The molecule has 0 radical (unpaired) electrons. The zero-order chi connectivity index (χ0) is 13.5. The standard InChI is InChI=1S/C15H18N2O2/c1-10-13(11-3-5-12(19-2)6-4-11)17-14(16-10)15(9-18)7-8-15/h3-6,18H,7-9H2,1-2H3,(H,16,17). The molecule has 0 bridgehead atoms. The molecular formula is C15H18N2O2. The minimum absolute atomic E-state index is 0.116. The van der Waals surface area contributed by atoms with Gasteiger partial charge in [-0.1, -0.05) is 0 Å². The maximum atomic E-state index is 9.47. The van der Waals surface area contributed by atoms with Crippen molar-refractivity contribution < 1.29 is 9.84 Å². The summed E-state index contributed by atoms with van der Waals surface area (Å²) in [6.45, 7) is 2.19. The normalized spacial score (nSPS) is 16.4. The van der Waals surface area contributed by atoms with Crippen molar-refractivity contribution >= 4 is 0 Å². The van der Waals surface area contributed by atoms with Gasteiger partial charge in [0.2, 0.25) is 0 Å². The zero-order valence-corrected chi connectivity index (χ0v) is 11.2. The fraction of sp³-hybridized carbons (Fsp3) is 0.400. The van der Waals surface area contributed by atoms with Gasteiger partial charge in [0, 0.05) is 11.3 Å². The van der Waals surface area contributed by atoms with Gasteiger partial charge < -0.3 is 14.8 Å². The summed E-state index contributed by atoms with van der Waals surface area (Å²) < 4.78 is 5.16. The minimum atomic E-state index is -0.116. The summed E-state index contributed by atoms with van der Waals surface area (Å²) >= 11 is 0. The summed E-state index contributed by atoms with van der Waals surface area (Å²) in [5.41, 5.74) is 2.95. The van der Waals surface area contributed by atoms with Gasteiger partial charge in [-0.2, -0.15) is 0 Å². The van der Waals surface area contributed by atoms with Gasteiger partial charge in [0.25, 0.3) is 0 Å². The third-order valence-corrected chi connectivity index (χ3v) is 3.91. The van der Waals surface area contributed by atoms with E-state index in [1.54, 1.807) is 7.11 Å². The Balaban J connectivity index is 1.96. The number of ether oxygens (including phenoxy) is 1. The number of benzene rings is 1. The maximum Gasteiger partial charge on any atom is 0.118 e. The highest BCUT2D eigenvalue weighted by Crippen LogP contribution is 2.47. The molecule has 2 N–H and O–H groups in total. The van der Waals surface area contributed by atoms with E-state index in [9.17, 15) is 5.11 Å². The van der Waals surface area contributed by atoms with Gasteiger partial charge in [-0.25, -0.2) is 4.98 Å². The Labute approximate surface area is 112 Å². The molecular weight excluding hydrogens is 240 g/mol. The van der Waals surface area contributed by atoms with Crippen LogP contribution in [0.15, 0.2) is 24.3 Å². The summed E-state index contributed by atoms with van der Waals surface area (Å²) in [6.07, 6.45) is 2.02. The van der Waals surface area contributed by atoms with E-state index in [0.717, 1.165) is 41.4 Å². The second-order valence-electron chi connectivity index (χ2n) is 5.23. The molecule has 1 heterocycles. The van der Waals surface area contributed by atoms with Gasteiger partial charge >= 0.3 is 0 Å². The van der Waals surface area contributed by atoms with E-state index in [1.807, 2.05) is 31.2 Å². The van der Waals surface area contributed by atoms with Gasteiger partial charge in [-0.3, -0.25) is 0 Å². The molecule has 4 nitrogen and oxygen atoms in total. The number of hydrogen-bond acceptors (Lipinski definition) is 3. The van der Waals surface area contributed by atoms with E-state index in [4.69, 9.17) is 4.74 Å². The third-order valence-electron chi connectivity index (χ3n) is 3.91. The van der Waals surface area contributed by atoms with Crippen LogP contribution in [0, 0.1) is 6.92 Å². The van der Waals surface area contributed by atoms with E-state index in [0.29, 0.717) is 0 Å². The third kappa shape index (κ3) is 2.02. The van der Waals surface area contributed by atoms with E-state index >= 15 is 0 Å². The summed E-state index contributed by atoms with van der Waals surface area (Å²) in [5.74, 6) is 1.75. The van der Waals surface area contributed by atoms with Gasteiger partial charge in [0.15, 0.2) is 0 Å². The summed E-state index contributed by atoms with van der Waals surface area (Å²) in [6, 6.07) is 7.87. The Bertz CT molecular complexity index is 583. The van der Waals surface area contributed by atoms with Crippen LogP contribution in [0.5, 0.6) is 5.75 Å². The van der Waals surface area contributed by atoms with Crippen LogP contribution < -0.4 is 4.74 Å². The molecule has 0 aliphatic heterocycles. The van der Waals surface area contributed by atoms with Crippen LogP contribution in [-0.2, 0) is 5.41 Å². The highest BCUT2D eigenvalue weighted by Gasteiger charge is 2.46. The number of nitrogens with one attached hydrogen (secondary N) is 1. The van der Waals surface area contributed by atoms with E-state index in [2.05, 4.69) is 9.97 Å². The minimum Gasteiger partial charge on any atom is -0.497 e. The van der Waals surface area contributed by atoms with Crippen molar-refractivity contribution in [2.24, 2.45) is 0 Å². The van der Waals surface area contributed by atoms with Crippen LogP contribution in [0.3, 0.4) is 0 Å². The maximum absolute atomic E-state index is 9.47. The zero-order valence-electron chi connectivity index (χ0n) is 11.2. The van der Waals surface area contributed by atoms with Gasteiger partial charge in [0.05, 0.1) is 24.8 Å². The summed E-state index contributed by atoms with van der Waals surface area (Å²) in [7, 11) is 1.66. The highest BCUT2D eigenvalue weighted by molar-refractivity contribution is 5.63. The summed E-state index contributed by atoms with van der Waals surface area (Å²) in [5, 5.41) is 9.47. The van der Waals surface area contributed by atoms with E-state index in [1.165, 1.54) is 0 Å². The first-order chi connectivity index (χ1) is 9.18. The number of hydrogen-bond donors (Lipinski definition) is 2. The number of imidazole rings is 1. The van der Waals surface area contributed by atoms with Crippen LogP contribution in [0.4, 0.5) is 0 Å². The van der Waals surface area contributed by atoms with Crippen LogP contribution in [0.25, 0.3) is 11.3 Å². The first-order valence-electron chi connectivity index (χ1n) is 6.51. The number of aryl methyl sites for hydroxylation is 1. The number of H-pyrrole nitrogens is 1. The molecule has 0 amide bonds. The molecule has 2 aromatic rings. The van der Waals surface area contributed by atoms with Crippen LogP contribution >= 0.6 is 0 Å². The number of rotatable bonds is 4. The molecule has 1 aliphatic rings. The lowest BCUT2D eigenvalue weighted by Crippen LogP contribution is -2.13. The quantitative estimate of drug-likeness (QED) is 0.885. The molecule has 100 valence electrons. The first-order valence-corrected chi connectivity index (χ1v) is 6.51. The highest BCUT2D eigenvalue weighted by atomic mass is 16.5. The number of nitrogens with zero attached hydrogens (tertiary/aromatic N) is 1. The van der Waals surface area contributed by atoms with Gasteiger partial charge in [-0.05, 0) is 44.0 Å². The molecule has 3 rings (SSSR count). The van der Waals surface area contributed by atoms with Crippen molar-refractivity contribution in [3.8, 4) is 17.0 Å². The molecule has 0 atom stereocenters. The molecule has 1 aliphatic carbocycles. The lowest BCUT2D eigenvalue weighted by atomic mass is 10.1. The predicted octanol–water partition coefficient (Wildman–Crippen LogP) is 2.42. The smallest absolute Gasteiger partial charge is 0.118 e. The summed E-state index contributed by atoms with van der Waals surface area (Å²) in [4.78, 5) is 8.01. The second kappa shape index (κ2) is 4.38. The average Bonchev–Trinajstić information content (AvgIpc) is 3.16. The molecule has 1 fully saturated rings. The number of aromatic amines is 1. The van der Waals surface area contributed by atoms with E-state index in [-0.39, 0.29) is 12.0 Å². The largest absolute Gasteiger partial charge is 0.497 e. The lowest BCUT2D eigenvalue weighted by Gasteiger charge is -2.06. The predicted molar refractivity (Wildman–Crippen MR) is 73.3 cm³/mol. The molecule has 1 aromatic heterocycles. The molecule has 19 heavy (non-hydrogen) atoms. The average molecular weight is 258 g/mol. The van der Waals surface area contributed by atoms with Gasteiger partial charge in [-0.15, -0.1) is 0 Å².